The molecule has 0 aliphatic heterocycles. The van der Waals surface area contributed by atoms with Crippen LogP contribution in [0.25, 0.3) is 0 Å². The first-order valence-corrected chi connectivity index (χ1v) is 33.1. The zero-order chi connectivity index (χ0) is 61.0. The number of carbonyl (C=O) groups excluding carboxylic acids is 3. The lowest BCUT2D eigenvalue weighted by Crippen LogP contribution is -2.30. The van der Waals surface area contributed by atoms with Gasteiger partial charge in [0, 0.05) is 19.3 Å². The topological polar surface area (TPSA) is 231 Å². The number of aliphatic hydroxyl groups is 2. The highest BCUT2D eigenvalue weighted by Gasteiger charge is 2.29. The largest absolute Gasteiger partial charge is 0.472 e. The zero-order valence-corrected chi connectivity index (χ0v) is 52.1. The fourth-order valence-electron chi connectivity index (χ4n) is 6.97. The van der Waals surface area contributed by atoms with Crippen molar-refractivity contribution >= 4 is 33.6 Å². The molecule has 5 unspecified atom stereocenters. The van der Waals surface area contributed by atoms with E-state index in [4.69, 9.17) is 32.3 Å². The number of aliphatic hydroxyl groups excluding tert-OH is 2. The molecule has 0 aromatic heterocycles. The second kappa shape index (κ2) is 57.8. The Morgan fingerprint density at radius 3 is 1.05 bits per heavy atom. The van der Waals surface area contributed by atoms with Crippen molar-refractivity contribution < 1.29 is 75.8 Å². The van der Waals surface area contributed by atoms with Crippen LogP contribution in [-0.2, 0) is 55.8 Å². The molecule has 0 aliphatic carbocycles. The van der Waals surface area contributed by atoms with Crippen molar-refractivity contribution in [3.05, 3.63) is 146 Å². The Bertz CT molecular complexity index is 2100. The Hall–Kier alpha value is -4.57. The second-order valence-corrected chi connectivity index (χ2v) is 22.3. The van der Waals surface area contributed by atoms with Crippen LogP contribution in [-0.4, -0.2) is 95.9 Å². The van der Waals surface area contributed by atoms with Gasteiger partial charge < -0.3 is 34.2 Å². The smallest absolute Gasteiger partial charge is 0.463 e. The normalized spacial score (nSPS) is 15.4. The van der Waals surface area contributed by atoms with Crippen LogP contribution in [0.3, 0.4) is 0 Å². The highest BCUT2D eigenvalue weighted by Crippen LogP contribution is 2.45. The van der Waals surface area contributed by atoms with E-state index in [-0.39, 0.29) is 19.3 Å². The van der Waals surface area contributed by atoms with Gasteiger partial charge in [-0.25, -0.2) is 9.13 Å². The van der Waals surface area contributed by atoms with E-state index in [1.807, 2.05) is 24.3 Å². The predicted molar refractivity (Wildman–Crippen MR) is 334 cm³/mol. The van der Waals surface area contributed by atoms with E-state index in [1.165, 1.54) is 0 Å². The average Bonchev–Trinajstić information content (AvgIpc) is 3.46. The molecule has 16 nitrogen and oxygen atoms in total. The van der Waals surface area contributed by atoms with Gasteiger partial charge in [0.15, 0.2) is 6.10 Å². The maximum absolute atomic E-state index is 12.9. The number of phosphoric ester groups is 2. The van der Waals surface area contributed by atoms with Crippen LogP contribution in [0.1, 0.15) is 188 Å². The molecule has 18 heteroatoms. The molecule has 0 saturated heterocycles. The van der Waals surface area contributed by atoms with E-state index in [0.717, 1.165) is 116 Å². The van der Waals surface area contributed by atoms with Gasteiger partial charge in [-0.1, -0.05) is 192 Å². The Morgan fingerprint density at radius 2 is 0.651 bits per heavy atom. The van der Waals surface area contributed by atoms with Crippen LogP contribution in [0.5, 0.6) is 0 Å². The van der Waals surface area contributed by atoms with E-state index < -0.39 is 91.5 Å². The van der Waals surface area contributed by atoms with Gasteiger partial charge in [-0.2, -0.15) is 0 Å². The molecular weight excluding hydrogens is 1100 g/mol. The number of carbonyl (C=O) groups is 3. The predicted octanol–water partition coefficient (Wildman–Crippen LogP) is 15.9. The van der Waals surface area contributed by atoms with E-state index in [9.17, 15) is 43.5 Å². The van der Waals surface area contributed by atoms with E-state index in [2.05, 4.69) is 142 Å². The first-order valence-electron chi connectivity index (χ1n) is 30.1. The Balaban J connectivity index is 4.82. The van der Waals surface area contributed by atoms with Crippen LogP contribution in [0.4, 0.5) is 0 Å². The molecule has 5 atom stereocenters. The molecule has 0 amide bonds. The molecule has 4 N–H and O–H groups in total. The fourth-order valence-corrected chi connectivity index (χ4v) is 8.56. The van der Waals surface area contributed by atoms with Crippen molar-refractivity contribution in [1.29, 1.82) is 0 Å². The molecule has 0 aromatic rings. The molecule has 0 aliphatic rings. The molecule has 0 heterocycles. The summed E-state index contributed by atoms with van der Waals surface area (Å²) >= 11 is 0. The summed E-state index contributed by atoms with van der Waals surface area (Å²) in [5, 5.41) is 20.4. The third kappa shape index (κ3) is 59.0. The Kier molecular flexibility index (Phi) is 54.7. The van der Waals surface area contributed by atoms with E-state index in [0.29, 0.717) is 32.1 Å². The first-order chi connectivity index (χ1) is 40.2. The van der Waals surface area contributed by atoms with Crippen LogP contribution < -0.4 is 0 Å². The molecule has 0 fully saturated rings. The number of hydrogen-bond donors (Lipinski definition) is 4. The van der Waals surface area contributed by atoms with Crippen LogP contribution in [0, 0.1) is 0 Å². The summed E-state index contributed by atoms with van der Waals surface area (Å²) in [6, 6.07) is 0. The number of esters is 3. The average molecular weight is 1200 g/mol. The summed E-state index contributed by atoms with van der Waals surface area (Å²) in [6.07, 6.45) is 66.5. The van der Waals surface area contributed by atoms with Crippen LogP contribution in [0.15, 0.2) is 146 Å². The molecule has 0 radical (unpaired) electrons. The van der Waals surface area contributed by atoms with Gasteiger partial charge in [0.2, 0.25) is 0 Å². The summed E-state index contributed by atoms with van der Waals surface area (Å²) in [5.41, 5.74) is 0. The molecule has 0 spiro atoms. The van der Waals surface area contributed by atoms with Gasteiger partial charge >= 0.3 is 33.6 Å². The molecular formula is C65H104O16P2. The van der Waals surface area contributed by atoms with E-state index >= 15 is 0 Å². The monoisotopic (exact) mass is 1200 g/mol. The molecule has 470 valence electrons. The lowest BCUT2D eigenvalue weighted by Gasteiger charge is -2.21. The number of rotatable bonds is 55. The van der Waals surface area contributed by atoms with Crippen molar-refractivity contribution in [1.82, 2.24) is 0 Å². The van der Waals surface area contributed by atoms with Crippen LogP contribution >= 0.6 is 15.6 Å². The van der Waals surface area contributed by atoms with Crippen molar-refractivity contribution in [3.63, 3.8) is 0 Å². The van der Waals surface area contributed by atoms with Gasteiger partial charge in [0.05, 0.1) is 26.4 Å². The molecule has 83 heavy (non-hydrogen) atoms. The maximum Gasteiger partial charge on any atom is 0.472 e. The summed E-state index contributed by atoms with van der Waals surface area (Å²) in [7, 11) is -9.81. The molecule has 0 rings (SSSR count). The summed E-state index contributed by atoms with van der Waals surface area (Å²) in [6.45, 7) is 2.16. The number of unbranched alkanes of at least 4 members (excludes halogenated alkanes) is 8. The molecule has 0 aromatic carbocycles. The summed E-state index contributed by atoms with van der Waals surface area (Å²) in [5.74, 6) is -1.73. The SMILES string of the molecule is CC/C=C\C/C=C\C/C=C\C/C=C\C/C=C\CCCC(=O)OCC(O)COP(=O)(O)OCC(O)COP(=O)(O)OCC(COC(=O)CCC/C=C\C/C=C\C/C=C\C/C=C\C/C=C\CC)OC(=O)CCCCCCC/C=C\C/C=C\CCC. The third-order valence-electron chi connectivity index (χ3n) is 11.5. The second-order valence-electron chi connectivity index (χ2n) is 19.4. The quantitative estimate of drug-likeness (QED) is 0.0146. The molecule has 0 saturated carbocycles. The van der Waals surface area contributed by atoms with E-state index in [1.54, 1.807) is 0 Å². The van der Waals surface area contributed by atoms with Crippen molar-refractivity contribution in [2.75, 3.05) is 39.6 Å². The number of phosphoric acid groups is 2. The standard InChI is InChI=1S/C65H104O16P2/c1-4-7-10-13-16-19-22-25-27-29-31-34-36-39-42-45-48-51-63(68)75-54-60(66)55-77-82(71,72)78-56-61(67)57-79-83(73,74)80-59-62(81-65(70)53-50-47-44-41-38-33-24-21-18-15-12-9-6-3)58-76-64(69)52-49-46-43-40-37-35-32-30-28-26-23-20-17-14-11-8-5-2/h7-8,10-12,15-17,19-21,24-28,31-32,34-35,39-40,42-43,60-62,66-67H,4-6,9,13-14,18,22-23,29-30,33,36-38,41,44-59H2,1-3H3,(H,71,72)(H,73,74)/b10-7-,11-8-,15-12-,19-16-,20-17-,24-21-,27-25-,28-26-,34-31-,35-32-,42-39-,43-40-. The number of allylic oxidation sites excluding steroid dienone is 24. The van der Waals surface area contributed by atoms with Crippen molar-refractivity contribution in [3.8, 4) is 0 Å². The number of hydrogen-bond acceptors (Lipinski definition) is 14. The molecule has 0 bridgehead atoms. The fraction of sp³-hybridized carbons (Fsp3) is 0.585. The zero-order valence-electron chi connectivity index (χ0n) is 50.3. The minimum Gasteiger partial charge on any atom is -0.463 e. The highest BCUT2D eigenvalue weighted by molar-refractivity contribution is 7.47. The lowest BCUT2D eigenvalue weighted by molar-refractivity contribution is -0.161. The minimum absolute atomic E-state index is 0.0689. The number of ether oxygens (including phenoxy) is 3. The Morgan fingerprint density at radius 1 is 0.349 bits per heavy atom. The maximum atomic E-state index is 12.9. The van der Waals surface area contributed by atoms with Crippen LogP contribution in [0.2, 0.25) is 0 Å². The third-order valence-corrected chi connectivity index (χ3v) is 13.4. The minimum atomic E-state index is -4.94. The van der Waals surface area contributed by atoms with Gasteiger partial charge in [-0.15, -0.1) is 0 Å². The highest BCUT2D eigenvalue weighted by atomic mass is 31.2. The first kappa shape index (κ1) is 78.4. The van der Waals surface area contributed by atoms with Gasteiger partial charge in [-0.3, -0.25) is 32.5 Å². The van der Waals surface area contributed by atoms with Crippen molar-refractivity contribution in [2.24, 2.45) is 0 Å². The summed E-state index contributed by atoms with van der Waals surface area (Å²) in [4.78, 5) is 58.1. The van der Waals surface area contributed by atoms with Crippen molar-refractivity contribution in [2.45, 2.75) is 206 Å². The van der Waals surface area contributed by atoms with Gasteiger partial charge in [0.1, 0.15) is 25.4 Å². The van der Waals surface area contributed by atoms with Gasteiger partial charge in [0.25, 0.3) is 0 Å². The van der Waals surface area contributed by atoms with Gasteiger partial charge in [-0.05, 0) is 122 Å². The lowest BCUT2D eigenvalue weighted by atomic mass is 10.1. The summed E-state index contributed by atoms with van der Waals surface area (Å²) < 4.78 is 60.5. The Labute approximate surface area is 498 Å².